The van der Waals surface area contributed by atoms with Crippen LogP contribution < -0.4 is 5.56 Å². The van der Waals surface area contributed by atoms with Crippen LogP contribution in [0.3, 0.4) is 0 Å². The Morgan fingerprint density at radius 3 is 2.75 bits per heavy atom. The molecule has 0 aliphatic carbocycles. The Balaban J connectivity index is 1.53. The molecule has 0 aromatic carbocycles. The van der Waals surface area contributed by atoms with Crippen LogP contribution >= 0.6 is 11.8 Å². The molecule has 6 heteroatoms. The molecule has 0 atom stereocenters. The number of hydrogen-bond acceptors (Lipinski definition) is 4. The molecule has 1 aliphatic rings. The van der Waals surface area contributed by atoms with Gasteiger partial charge in [-0.3, -0.25) is 9.59 Å². The monoisotopic (exact) mass is 346 g/mol. The molecular weight excluding hydrogens is 324 g/mol. The normalized spacial score (nSPS) is 15.6. The number of likely N-dealkylation sites (tertiary alicyclic amines) is 1. The van der Waals surface area contributed by atoms with Crippen LogP contribution in [0.5, 0.6) is 0 Å². The standard InChI is InChI=1S/C18H22N2O3S/c1-24-12-15-3-4-16(23-15)18(22)20-8-6-13(7-9-20)10-14-2-5-17(21)19-11-14/h2-5,11,13H,6-10,12H2,1H3,(H,19,21). The van der Waals surface area contributed by atoms with Gasteiger partial charge in [-0.1, -0.05) is 6.07 Å². The Kier molecular flexibility index (Phi) is 5.45. The molecule has 1 amide bonds. The smallest absolute Gasteiger partial charge is 0.289 e. The summed E-state index contributed by atoms with van der Waals surface area (Å²) in [7, 11) is 0. The first-order valence-electron chi connectivity index (χ1n) is 8.20. The summed E-state index contributed by atoms with van der Waals surface area (Å²) in [6.07, 6.45) is 6.69. The van der Waals surface area contributed by atoms with E-state index in [-0.39, 0.29) is 11.5 Å². The topological polar surface area (TPSA) is 66.3 Å². The van der Waals surface area contributed by atoms with E-state index >= 15 is 0 Å². The molecule has 128 valence electrons. The molecule has 0 radical (unpaired) electrons. The fourth-order valence-corrected chi connectivity index (χ4v) is 3.55. The van der Waals surface area contributed by atoms with Crippen molar-refractivity contribution in [2.24, 2.45) is 5.92 Å². The number of thioether (sulfide) groups is 1. The highest BCUT2D eigenvalue weighted by molar-refractivity contribution is 7.97. The number of nitrogens with zero attached hydrogens (tertiary/aromatic N) is 1. The number of hydrogen-bond donors (Lipinski definition) is 1. The molecular formula is C18H22N2O3S. The molecule has 0 bridgehead atoms. The van der Waals surface area contributed by atoms with E-state index in [9.17, 15) is 9.59 Å². The van der Waals surface area contributed by atoms with Gasteiger partial charge in [0.05, 0.1) is 5.75 Å². The third-order valence-corrected chi connectivity index (χ3v) is 5.01. The predicted molar refractivity (Wildman–Crippen MR) is 95.3 cm³/mol. The molecule has 2 aromatic heterocycles. The molecule has 2 aromatic rings. The van der Waals surface area contributed by atoms with Gasteiger partial charge in [0.15, 0.2) is 5.76 Å². The van der Waals surface area contributed by atoms with Crippen LogP contribution in [0.15, 0.2) is 39.7 Å². The maximum absolute atomic E-state index is 12.5. The van der Waals surface area contributed by atoms with E-state index in [0.717, 1.165) is 49.4 Å². The molecule has 1 fully saturated rings. The molecule has 1 saturated heterocycles. The van der Waals surface area contributed by atoms with Crippen molar-refractivity contribution in [1.82, 2.24) is 9.88 Å². The van der Waals surface area contributed by atoms with E-state index in [1.807, 2.05) is 23.3 Å². The molecule has 1 N–H and O–H groups in total. The fraction of sp³-hybridized carbons (Fsp3) is 0.444. The lowest BCUT2D eigenvalue weighted by Gasteiger charge is -2.31. The highest BCUT2D eigenvalue weighted by Gasteiger charge is 2.25. The summed E-state index contributed by atoms with van der Waals surface area (Å²) in [6.45, 7) is 1.51. The van der Waals surface area contributed by atoms with Gasteiger partial charge in [0.25, 0.3) is 5.91 Å². The van der Waals surface area contributed by atoms with Crippen LogP contribution in [0.2, 0.25) is 0 Å². The largest absolute Gasteiger partial charge is 0.455 e. The van der Waals surface area contributed by atoms with Gasteiger partial charge in [-0.15, -0.1) is 0 Å². The molecule has 3 heterocycles. The first-order valence-corrected chi connectivity index (χ1v) is 9.59. The third-order valence-electron chi connectivity index (χ3n) is 4.43. The van der Waals surface area contributed by atoms with Crippen molar-refractivity contribution in [3.05, 3.63) is 57.9 Å². The Bertz CT molecular complexity index is 724. The first kappa shape index (κ1) is 16.9. The van der Waals surface area contributed by atoms with Crippen molar-refractivity contribution < 1.29 is 9.21 Å². The van der Waals surface area contributed by atoms with Crippen molar-refractivity contribution in [1.29, 1.82) is 0 Å². The highest BCUT2D eigenvalue weighted by atomic mass is 32.2. The van der Waals surface area contributed by atoms with Crippen molar-refractivity contribution in [2.45, 2.75) is 25.0 Å². The van der Waals surface area contributed by atoms with E-state index in [0.29, 0.717) is 11.7 Å². The highest BCUT2D eigenvalue weighted by Crippen LogP contribution is 2.23. The average Bonchev–Trinajstić information content (AvgIpc) is 3.06. The van der Waals surface area contributed by atoms with E-state index < -0.39 is 0 Å². The fourth-order valence-electron chi connectivity index (χ4n) is 3.11. The SMILES string of the molecule is CSCc1ccc(C(=O)N2CCC(Cc3ccc(=O)[nH]c3)CC2)o1. The molecule has 3 rings (SSSR count). The molecule has 1 aliphatic heterocycles. The summed E-state index contributed by atoms with van der Waals surface area (Å²) in [6, 6.07) is 7.11. The lowest BCUT2D eigenvalue weighted by atomic mass is 9.90. The summed E-state index contributed by atoms with van der Waals surface area (Å²) in [5.74, 6) is 2.61. The van der Waals surface area contributed by atoms with E-state index in [1.54, 1.807) is 30.1 Å². The number of furan rings is 1. The summed E-state index contributed by atoms with van der Waals surface area (Å²) < 4.78 is 5.63. The molecule has 24 heavy (non-hydrogen) atoms. The van der Waals surface area contributed by atoms with Gasteiger partial charge >= 0.3 is 0 Å². The molecule has 0 saturated carbocycles. The predicted octanol–water partition coefficient (Wildman–Crippen LogP) is 2.93. The zero-order chi connectivity index (χ0) is 16.9. The number of aromatic nitrogens is 1. The Morgan fingerprint density at radius 1 is 1.29 bits per heavy atom. The second kappa shape index (κ2) is 7.75. The average molecular weight is 346 g/mol. The van der Waals surface area contributed by atoms with E-state index in [2.05, 4.69) is 4.98 Å². The minimum absolute atomic E-state index is 0.00940. The van der Waals surface area contributed by atoms with Gasteiger partial charge in [-0.2, -0.15) is 11.8 Å². The van der Waals surface area contributed by atoms with E-state index in [1.165, 1.54) is 0 Å². The lowest BCUT2D eigenvalue weighted by molar-refractivity contribution is 0.0657. The number of H-pyrrole nitrogens is 1. The van der Waals surface area contributed by atoms with Crippen LogP contribution in [0.1, 0.15) is 34.7 Å². The number of aromatic amines is 1. The van der Waals surface area contributed by atoms with Crippen molar-refractivity contribution in [2.75, 3.05) is 19.3 Å². The first-order chi connectivity index (χ1) is 11.7. The Labute approximate surface area is 145 Å². The molecule has 0 unspecified atom stereocenters. The van der Waals surface area contributed by atoms with Crippen LogP contribution in [0.4, 0.5) is 0 Å². The number of carbonyl (C=O) groups is 1. The second-order valence-electron chi connectivity index (χ2n) is 6.20. The van der Waals surface area contributed by atoms with Crippen molar-refractivity contribution in [3.8, 4) is 0 Å². The van der Waals surface area contributed by atoms with Crippen molar-refractivity contribution >= 4 is 17.7 Å². The number of rotatable bonds is 5. The number of pyridine rings is 1. The van der Waals surface area contributed by atoms with Crippen LogP contribution in [0, 0.1) is 5.92 Å². The van der Waals surface area contributed by atoms with Gasteiger partial charge in [-0.05, 0) is 49.1 Å². The second-order valence-corrected chi connectivity index (χ2v) is 7.07. The number of nitrogens with one attached hydrogen (secondary N) is 1. The Hall–Kier alpha value is -1.95. The Morgan fingerprint density at radius 2 is 2.08 bits per heavy atom. The number of amides is 1. The van der Waals surface area contributed by atoms with Gasteiger partial charge in [0, 0.05) is 25.4 Å². The van der Waals surface area contributed by atoms with E-state index in [4.69, 9.17) is 4.42 Å². The maximum atomic E-state index is 12.5. The molecule has 5 nitrogen and oxygen atoms in total. The van der Waals surface area contributed by atoms with Gasteiger partial charge < -0.3 is 14.3 Å². The summed E-state index contributed by atoms with van der Waals surface area (Å²) in [5, 5.41) is 0. The summed E-state index contributed by atoms with van der Waals surface area (Å²) in [5.41, 5.74) is 1.07. The van der Waals surface area contributed by atoms with Crippen LogP contribution in [0.25, 0.3) is 0 Å². The van der Waals surface area contributed by atoms with Gasteiger partial charge in [0.1, 0.15) is 5.76 Å². The minimum Gasteiger partial charge on any atom is -0.455 e. The summed E-state index contributed by atoms with van der Waals surface area (Å²) >= 11 is 1.68. The summed E-state index contributed by atoms with van der Waals surface area (Å²) in [4.78, 5) is 28.2. The number of piperidine rings is 1. The third kappa shape index (κ3) is 4.12. The van der Waals surface area contributed by atoms with Gasteiger partial charge in [-0.25, -0.2) is 0 Å². The maximum Gasteiger partial charge on any atom is 0.289 e. The lowest BCUT2D eigenvalue weighted by Crippen LogP contribution is -2.38. The zero-order valence-electron chi connectivity index (χ0n) is 13.8. The van der Waals surface area contributed by atoms with Crippen molar-refractivity contribution in [3.63, 3.8) is 0 Å². The quantitative estimate of drug-likeness (QED) is 0.904. The molecule has 0 spiro atoms. The van der Waals surface area contributed by atoms with Crippen LogP contribution in [-0.2, 0) is 12.2 Å². The zero-order valence-corrected chi connectivity index (χ0v) is 14.6. The number of carbonyl (C=O) groups excluding carboxylic acids is 1. The van der Waals surface area contributed by atoms with Gasteiger partial charge in [0.2, 0.25) is 5.56 Å². The van der Waals surface area contributed by atoms with Crippen LogP contribution in [-0.4, -0.2) is 35.1 Å². The minimum atomic E-state index is -0.0709.